The van der Waals surface area contributed by atoms with Gasteiger partial charge in [0.05, 0.1) is 33.0 Å². The number of carboxylic acid groups (broad SMARTS) is 2. The smallest absolute Gasteiger partial charge is 0.335 e. The van der Waals surface area contributed by atoms with E-state index in [2.05, 4.69) is 29.4 Å². The second-order valence-electron chi connectivity index (χ2n) is 18.5. The van der Waals surface area contributed by atoms with Crippen LogP contribution in [0.2, 0.25) is 0 Å². The third-order valence-corrected chi connectivity index (χ3v) is 16.8. The molecule has 0 aliphatic heterocycles. The normalized spacial score (nSPS) is 11.4. The maximum atomic E-state index is 14.2. The van der Waals surface area contributed by atoms with Crippen LogP contribution in [0, 0.1) is 12.7 Å². The van der Waals surface area contributed by atoms with E-state index in [0.717, 1.165) is 111 Å². The van der Waals surface area contributed by atoms with Crippen LogP contribution in [0.3, 0.4) is 0 Å². The van der Waals surface area contributed by atoms with Crippen LogP contribution in [0.5, 0.6) is 0 Å². The Labute approximate surface area is 436 Å². The summed E-state index contributed by atoms with van der Waals surface area (Å²) in [6.07, 6.45) is 14.0. The highest BCUT2D eigenvalue weighted by Gasteiger charge is 2.29. The number of unbranched alkanes of at least 4 members (excludes halogenated alkanes) is 8. The average Bonchev–Trinajstić information content (AvgIpc) is 3.40. The molecule has 74 heavy (non-hydrogen) atoms. The first kappa shape index (κ1) is 56.4. The van der Waals surface area contributed by atoms with Crippen molar-refractivity contribution in [2.24, 2.45) is 0 Å². The SMILES string of the molecule is CCCCCCCN(c1ccccc1CCc1ccc(C(=O)O)cc1)S(=O)(=O)c1cccc2cccnc12.Cc1ccc(F)cc1S(=O)(=O)CCCCCCCNc1ccccc1CCc1ccc(C(=O)O)cc1. The number of nitrogens with one attached hydrogen (secondary N) is 1. The Morgan fingerprint density at radius 1 is 0.595 bits per heavy atom. The minimum atomic E-state index is -3.89. The highest BCUT2D eigenvalue weighted by atomic mass is 32.2. The molecule has 0 bridgehead atoms. The highest BCUT2D eigenvalue weighted by Crippen LogP contribution is 2.32. The van der Waals surface area contributed by atoms with Gasteiger partial charge in [-0.3, -0.25) is 9.29 Å². The third-order valence-electron chi connectivity index (χ3n) is 13.1. The summed E-state index contributed by atoms with van der Waals surface area (Å²) in [5.41, 5.74) is 7.64. The molecular weight excluding hydrogens is 974 g/mol. The molecule has 1 heterocycles. The molecule has 0 fully saturated rings. The van der Waals surface area contributed by atoms with Crippen LogP contribution >= 0.6 is 0 Å². The third kappa shape index (κ3) is 16.3. The van der Waals surface area contributed by atoms with Gasteiger partial charge in [0.1, 0.15) is 10.7 Å². The number of aryl methyl sites for hydroxylation is 5. The largest absolute Gasteiger partial charge is 0.478 e. The Kier molecular flexibility index (Phi) is 21.3. The number of para-hydroxylation sites is 3. The van der Waals surface area contributed by atoms with Gasteiger partial charge in [0.25, 0.3) is 10.0 Å². The van der Waals surface area contributed by atoms with Crippen LogP contribution in [-0.2, 0) is 45.5 Å². The fourth-order valence-electron chi connectivity index (χ4n) is 8.88. The van der Waals surface area contributed by atoms with Crippen LogP contribution < -0.4 is 9.62 Å². The van der Waals surface area contributed by atoms with Crippen molar-refractivity contribution in [3.8, 4) is 0 Å². The molecule has 14 heteroatoms. The van der Waals surface area contributed by atoms with Gasteiger partial charge in [-0.15, -0.1) is 0 Å². The number of fused-ring (bicyclic) bond motifs is 1. The van der Waals surface area contributed by atoms with E-state index in [9.17, 15) is 30.8 Å². The zero-order chi connectivity index (χ0) is 52.9. The number of carboxylic acids is 2. The van der Waals surface area contributed by atoms with Crippen LogP contribution in [0.4, 0.5) is 15.8 Å². The molecule has 0 spiro atoms. The van der Waals surface area contributed by atoms with Crippen molar-refractivity contribution in [3.05, 3.63) is 197 Å². The molecule has 6 aromatic carbocycles. The van der Waals surface area contributed by atoms with Gasteiger partial charge in [0.2, 0.25) is 0 Å². The maximum absolute atomic E-state index is 14.2. The van der Waals surface area contributed by atoms with Gasteiger partial charge in [-0.05, 0) is 140 Å². The molecule has 0 unspecified atom stereocenters. The first-order chi connectivity index (χ1) is 35.7. The summed E-state index contributed by atoms with van der Waals surface area (Å²) in [5, 5.41) is 22.5. The lowest BCUT2D eigenvalue weighted by atomic mass is 10.0. The predicted octanol–water partition coefficient (Wildman–Crippen LogP) is 13.3. The fraction of sp³-hybridized carbons (Fsp3) is 0.317. The number of halogens is 1. The standard InChI is InChI=1S/C31H34N2O4S.C29H34FNO4S/c1-2-3-4-5-8-23-33(38(36,37)29-15-9-12-26-13-10-22-32-30(26)29)28-14-7-6-11-25(28)19-16-24-17-20-27(21-18-24)31(34)35;1-22-11-18-26(30)21-28(22)36(34,35)20-8-4-2-3-7-19-31-27-10-6-5-9-24(27)15-12-23-13-16-25(17-14-23)29(32)33/h6-7,9-15,17-18,20-22H,2-5,8,16,19,23H2,1H3,(H,34,35);5-6,9-11,13-14,16-18,21,31H,2-4,7-8,12,15,19-20H2,1H3,(H,32,33). The average molecular weight is 1040 g/mol. The van der Waals surface area contributed by atoms with Crippen molar-refractivity contribution in [1.29, 1.82) is 0 Å². The van der Waals surface area contributed by atoms with E-state index in [1.165, 1.54) is 17.7 Å². The van der Waals surface area contributed by atoms with Gasteiger partial charge in [-0.25, -0.2) is 30.8 Å². The lowest BCUT2D eigenvalue weighted by Gasteiger charge is -2.27. The number of carbonyl (C=O) groups is 2. The molecule has 7 rings (SSSR count). The van der Waals surface area contributed by atoms with Crippen LogP contribution in [0.15, 0.2) is 162 Å². The monoisotopic (exact) mass is 1040 g/mol. The molecule has 0 atom stereocenters. The lowest BCUT2D eigenvalue weighted by molar-refractivity contribution is 0.0686. The summed E-state index contributed by atoms with van der Waals surface area (Å²) in [7, 11) is -7.35. The van der Waals surface area contributed by atoms with Crippen molar-refractivity contribution in [1.82, 2.24) is 4.98 Å². The molecule has 1 aromatic heterocycles. The second kappa shape index (κ2) is 28.0. The first-order valence-corrected chi connectivity index (χ1v) is 28.7. The van der Waals surface area contributed by atoms with Gasteiger partial charge in [-0.2, -0.15) is 0 Å². The number of nitrogens with zero attached hydrogens (tertiary/aromatic N) is 2. The fourth-order valence-corrected chi connectivity index (χ4v) is 12.2. The number of benzene rings is 6. The van der Waals surface area contributed by atoms with E-state index in [1.807, 2.05) is 78.9 Å². The molecule has 0 radical (unpaired) electrons. The zero-order valence-corrected chi connectivity index (χ0v) is 44.0. The number of pyridine rings is 1. The Hall–Kier alpha value is -6.90. The van der Waals surface area contributed by atoms with Gasteiger partial charge in [0, 0.05) is 30.4 Å². The van der Waals surface area contributed by atoms with Gasteiger partial charge < -0.3 is 15.5 Å². The van der Waals surface area contributed by atoms with E-state index in [0.29, 0.717) is 48.1 Å². The number of hydrogen-bond donors (Lipinski definition) is 3. The summed E-state index contributed by atoms with van der Waals surface area (Å²) < 4.78 is 68.5. The van der Waals surface area contributed by atoms with E-state index < -0.39 is 37.6 Å². The van der Waals surface area contributed by atoms with Crippen molar-refractivity contribution >= 4 is 54.1 Å². The Morgan fingerprint density at radius 2 is 1.18 bits per heavy atom. The van der Waals surface area contributed by atoms with Crippen molar-refractivity contribution in [2.75, 3.05) is 28.5 Å². The Balaban J connectivity index is 0.000000241. The topological polar surface area (TPSA) is 171 Å². The lowest BCUT2D eigenvalue weighted by Crippen LogP contribution is -2.33. The molecule has 0 amide bonds. The van der Waals surface area contributed by atoms with E-state index >= 15 is 0 Å². The number of sulfone groups is 1. The minimum Gasteiger partial charge on any atom is -0.478 e. The van der Waals surface area contributed by atoms with Gasteiger partial charge in [-0.1, -0.05) is 137 Å². The van der Waals surface area contributed by atoms with Crippen LogP contribution in [0.1, 0.15) is 120 Å². The predicted molar refractivity (Wildman–Crippen MR) is 294 cm³/mol. The molecule has 3 N–H and O–H groups in total. The van der Waals surface area contributed by atoms with Crippen molar-refractivity contribution in [3.63, 3.8) is 0 Å². The van der Waals surface area contributed by atoms with Crippen LogP contribution in [0.25, 0.3) is 10.9 Å². The van der Waals surface area contributed by atoms with E-state index in [-0.39, 0.29) is 21.1 Å². The molecular formula is C60H68FN3O8S2. The van der Waals surface area contributed by atoms with E-state index in [1.54, 1.807) is 53.8 Å². The Bertz CT molecular complexity index is 3160. The van der Waals surface area contributed by atoms with Crippen molar-refractivity contribution < 1.29 is 41.0 Å². The molecule has 0 aliphatic rings. The van der Waals surface area contributed by atoms with Crippen LogP contribution in [-0.4, -0.2) is 62.8 Å². The molecule has 7 aromatic rings. The quantitative estimate of drug-likeness (QED) is 0.0421. The summed E-state index contributed by atoms with van der Waals surface area (Å²) in [4.78, 5) is 26.9. The Morgan fingerprint density at radius 3 is 1.85 bits per heavy atom. The number of aromatic carboxylic acids is 2. The number of sulfonamides is 1. The maximum Gasteiger partial charge on any atom is 0.335 e. The molecule has 0 aliphatic carbocycles. The minimum absolute atomic E-state index is 0.0436. The number of hydrogen-bond acceptors (Lipinski definition) is 8. The number of anilines is 2. The van der Waals surface area contributed by atoms with E-state index in [4.69, 9.17) is 10.2 Å². The summed E-state index contributed by atoms with van der Waals surface area (Å²) >= 11 is 0. The second-order valence-corrected chi connectivity index (χ2v) is 22.4. The number of aromatic nitrogens is 1. The molecule has 0 saturated heterocycles. The summed E-state index contributed by atoms with van der Waals surface area (Å²) in [5.74, 6) is -2.35. The number of rotatable bonds is 27. The zero-order valence-electron chi connectivity index (χ0n) is 42.4. The molecule has 390 valence electrons. The highest BCUT2D eigenvalue weighted by molar-refractivity contribution is 7.93. The summed E-state index contributed by atoms with van der Waals surface area (Å²) in [6.45, 7) is 5.08. The first-order valence-electron chi connectivity index (χ1n) is 25.6. The molecule has 11 nitrogen and oxygen atoms in total. The van der Waals surface area contributed by atoms with Gasteiger partial charge >= 0.3 is 11.9 Å². The van der Waals surface area contributed by atoms with Gasteiger partial charge in [0.15, 0.2) is 9.84 Å². The summed E-state index contributed by atoms with van der Waals surface area (Å²) in [6, 6.07) is 42.6. The molecule has 0 saturated carbocycles. The van der Waals surface area contributed by atoms with Crippen molar-refractivity contribution in [2.45, 2.75) is 114 Å².